The van der Waals surface area contributed by atoms with Crippen LogP contribution < -0.4 is 0 Å². The minimum absolute atomic E-state index is 0.00129. The molecule has 0 unspecified atom stereocenters. The van der Waals surface area contributed by atoms with Crippen molar-refractivity contribution in [1.29, 1.82) is 0 Å². The molecule has 1 spiro atoms. The maximum atomic E-state index is 13.0. The van der Waals surface area contributed by atoms with Crippen molar-refractivity contribution in [2.24, 2.45) is 17.8 Å². The number of carbonyl (C=O) groups excluding carboxylic acids is 3. The second-order valence-electron chi connectivity index (χ2n) is 12.7. The zero-order valence-corrected chi connectivity index (χ0v) is 25.7. The fraction of sp³-hybridized carbons (Fsp3) is 0.893. The molecular weight excluding hydrogens is 492 g/mol. The van der Waals surface area contributed by atoms with E-state index in [2.05, 4.69) is 41.5 Å². The van der Waals surface area contributed by atoms with Gasteiger partial charge in [-0.05, 0) is 36.4 Å². The van der Waals surface area contributed by atoms with E-state index in [-0.39, 0.29) is 23.5 Å². The summed E-state index contributed by atoms with van der Waals surface area (Å²) < 4.78 is 31.8. The predicted octanol–water partition coefficient (Wildman–Crippen LogP) is 4.83. The Labute approximate surface area is 223 Å². The van der Waals surface area contributed by atoms with E-state index in [0.717, 1.165) is 0 Å². The van der Waals surface area contributed by atoms with Crippen molar-refractivity contribution >= 4 is 26.0 Å². The highest BCUT2D eigenvalue weighted by atomic mass is 28.4. The molecule has 0 bridgehead atoms. The summed E-state index contributed by atoms with van der Waals surface area (Å²) in [4.78, 5) is 37.4. The third kappa shape index (κ3) is 4.61. The van der Waals surface area contributed by atoms with Gasteiger partial charge in [-0.3, -0.25) is 14.4 Å². The van der Waals surface area contributed by atoms with Gasteiger partial charge < -0.3 is 23.4 Å². The molecule has 0 aromatic rings. The summed E-state index contributed by atoms with van der Waals surface area (Å²) in [5.41, 5.74) is -0.720. The topological polar surface area (TPSA) is 101 Å². The van der Waals surface area contributed by atoms with Gasteiger partial charge in [-0.1, -0.05) is 55.4 Å². The van der Waals surface area contributed by atoms with Crippen LogP contribution in [0.2, 0.25) is 16.6 Å². The summed E-state index contributed by atoms with van der Waals surface area (Å²) >= 11 is 0. The second-order valence-corrected chi connectivity index (χ2v) is 18.2. The van der Waals surface area contributed by atoms with Gasteiger partial charge in [0.25, 0.3) is 0 Å². The normalized spacial score (nSPS) is 37.1. The van der Waals surface area contributed by atoms with E-state index < -0.39 is 55.9 Å². The fourth-order valence-corrected chi connectivity index (χ4v) is 13.6. The Morgan fingerprint density at radius 3 is 1.78 bits per heavy atom. The summed E-state index contributed by atoms with van der Waals surface area (Å²) in [6, 6.07) is 0. The van der Waals surface area contributed by atoms with Gasteiger partial charge in [0.05, 0.1) is 6.61 Å². The summed E-state index contributed by atoms with van der Waals surface area (Å²) in [6.07, 6.45) is -2.83. The van der Waals surface area contributed by atoms with Crippen LogP contribution in [0.25, 0.3) is 0 Å². The lowest BCUT2D eigenvalue weighted by Crippen LogP contribution is -2.63. The van der Waals surface area contributed by atoms with E-state index in [9.17, 15) is 14.4 Å². The van der Waals surface area contributed by atoms with Crippen molar-refractivity contribution in [3.63, 3.8) is 0 Å². The summed E-state index contributed by atoms with van der Waals surface area (Å²) in [5.74, 6) is -1.72. The first-order valence-electron chi connectivity index (χ1n) is 13.8. The smallest absolute Gasteiger partial charge is 0.303 e. The number of esters is 2. The van der Waals surface area contributed by atoms with E-state index in [1.807, 2.05) is 20.8 Å². The van der Waals surface area contributed by atoms with Gasteiger partial charge in [0, 0.05) is 25.7 Å². The van der Waals surface area contributed by atoms with Crippen LogP contribution in [0.5, 0.6) is 0 Å². The maximum absolute atomic E-state index is 13.0. The van der Waals surface area contributed by atoms with E-state index >= 15 is 0 Å². The van der Waals surface area contributed by atoms with Crippen molar-refractivity contribution in [3.05, 3.63) is 0 Å². The highest BCUT2D eigenvalue weighted by Crippen LogP contribution is 2.70. The van der Waals surface area contributed by atoms with Crippen molar-refractivity contribution in [2.45, 2.75) is 135 Å². The molecule has 8 nitrogen and oxygen atoms in total. The third-order valence-corrected chi connectivity index (χ3v) is 15.4. The van der Waals surface area contributed by atoms with Gasteiger partial charge >= 0.3 is 11.9 Å². The molecule has 3 aliphatic rings. The molecule has 37 heavy (non-hydrogen) atoms. The van der Waals surface area contributed by atoms with Gasteiger partial charge in [-0.15, -0.1) is 0 Å². The molecular formula is C28H48O8Si. The quantitative estimate of drug-likeness (QED) is 0.221. The fourth-order valence-electron chi connectivity index (χ4n) is 8.12. The van der Waals surface area contributed by atoms with Crippen LogP contribution in [-0.4, -0.2) is 68.3 Å². The monoisotopic (exact) mass is 540 g/mol. The van der Waals surface area contributed by atoms with Gasteiger partial charge in [-0.2, -0.15) is 0 Å². The molecule has 3 rings (SSSR count). The van der Waals surface area contributed by atoms with E-state index in [4.69, 9.17) is 23.4 Å². The van der Waals surface area contributed by atoms with Gasteiger partial charge in [0.2, 0.25) is 0 Å². The lowest BCUT2D eigenvalue weighted by molar-refractivity contribution is -0.185. The number of hydrogen-bond acceptors (Lipinski definition) is 8. The number of ketones is 1. The number of rotatable bonds is 10. The number of epoxide rings is 1. The van der Waals surface area contributed by atoms with Crippen LogP contribution in [0.4, 0.5) is 0 Å². The molecule has 2 heterocycles. The number of hydrogen-bond donors (Lipinski definition) is 0. The van der Waals surface area contributed by atoms with Crippen molar-refractivity contribution in [3.8, 4) is 0 Å². The SMILES string of the molecule is CC(=O)O[C@H]1[C@H](C(C)C)[C@H]2[C@H](C(C)=O)O[C@H](CO[Si](C(C)C)(C(C)C)C(C)C)[C@]23O[C@]3(C)[C@H]1OC(C)=O. The van der Waals surface area contributed by atoms with Crippen LogP contribution >= 0.6 is 0 Å². The molecule has 0 N–H and O–H groups in total. The third-order valence-electron chi connectivity index (χ3n) is 9.32. The molecule has 3 fully saturated rings. The van der Waals surface area contributed by atoms with Crippen LogP contribution in [0.3, 0.4) is 0 Å². The van der Waals surface area contributed by atoms with Gasteiger partial charge in [0.1, 0.15) is 29.5 Å². The molecule has 1 saturated carbocycles. The second kappa shape index (κ2) is 10.4. The van der Waals surface area contributed by atoms with Crippen LogP contribution in [0.1, 0.15) is 83.1 Å². The Bertz CT molecular complexity index is 879. The summed E-state index contributed by atoms with van der Waals surface area (Å²) in [6.45, 7) is 23.9. The first-order chi connectivity index (χ1) is 17.0. The molecule has 0 aromatic carbocycles. The number of ether oxygens (including phenoxy) is 4. The molecule has 9 heteroatoms. The van der Waals surface area contributed by atoms with Gasteiger partial charge in [-0.25, -0.2) is 0 Å². The zero-order chi connectivity index (χ0) is 28.2. The highest BCUT2D eigenvalue weighted by molar-refractivity contribution is 6.77. The van der Waals surface area contributed by atoms with Crippen molar-refractivity contribution in [1.82, 2.24) is 0 Å². The first kappa shape index (κ1) is 30.3. The molecule has 0 radical (unpaired) electrons. The Morgan fingerprint density at radius 2 is 1.38 bits per heavy atom. The Balaban J connectivity index is 2.11. The van der Waals surface area contributed by atoms with Crippen LogP contribution in [0, 0.1) is 17.8 Å². The molecule has 8 atom stereocenters. The Kier molecular flexibility index (Phi) is 8.47. The summed E-state index contributed by atoms with van der Waals surface area (Å²) in [7, 11) is -2.23. The van der Waals surface area contributed by atoms with E-state index in [0.29, 0.717) is 23.2 Å². The van der Waals surface area contributed by atoms with Crippen molar-refractivity contribution in [2.75, 3.05) is 6.61 Å². The number of carbonyl (C=O) groups is 3. The van der Waals surface area contributed by atoms with Crippen LogP contribution in [-0.2, 0) is 37.8 Å². The average molecular weight is 541 g/mol. The Morgan fingerprint density at radius 1 is 0.865 bits per heavy atom. The molecule has 0 amide bonds. The lowest BCUT2D eigenvalue weighted by atomic mass is 9.59. The first-order valence-corrected chi connectivity index (χ1v) is 16.0. The molecule has 0 aromatic heterocycles. The predicted molar refractivity (Wildman–Crippen MR) is 141 cm³/mol. The standard InChI is InChI=1S/C28H48O8Si/c1-14(2)22-23-24(18(9)29)35-21(13-32-37(15(3)4,16(5)6)17(7)8)28(23)27(12,36-28)26(34-20(11)31)25(22)33-19(10)30/h14-17,21-26H,13H2,1-12H3/t21-,22-,23+,24+,25+,26+,27-,28+/m1/s1. The Hall–Kier alpha value is -1.29. The molecule has 212 valence electrons. The minimum Gasteiger partial charge on any atom is -0.458 e. The zero-order valence-electron chi connectivity index (χ0n) is 24.7. The minimum atomic E-state index is -2.23. The largest absolute Gasteiger partial charge is 0.458 e. The van der Waals surface area contributed by atoms with E-state index in [1.54, 1.807) is 0 Å². The highest BCUT2D eigenvalue weighted by Gasteiger charge is 2.88. The molecule has 2 aliphatic heterocycles. The van der Waals surface area contributed by atoms with E-state index in [1.165, 1.54) is 20.8 Å². The van der Waals surface area contributed by atoms with Crippen LogP contribution in [0.15, 0.2) is 0 Å². The maximum Gasteiger partial charge on any atom is 0.303 e. The summed E-state index contributed by atoms with van der Waals surface area (Å²) in [5, 5.41) is 0. The molecule has 2 saturated heterocycles. The average Bonchev–Trinajstić information content (AvgIpc) is 3.25. The lowest BCUT2D eigenvalue weighted by Gasteiger charge is -2.46. The van der Waals surface area contributed by atoms with Gasteiger partial charge in [0.15, 0.2) is 20.2 Å². The van der Waals surface area contributed by atoms with Crippen molar-refractivity contribution < 1.29 is 37.8 Å². The molecule has 1 aliphatic carbocycles. The number of Topliss-reactive ketones (excluding diaryl/α,β-unsaturated/α-hetero) is 1.